The highest BCUT2D eigenvalue weighted by molar-refractivity contribution is 5.17. The van der Waals surface area contributed by atoms with E-state index in [2.05, 4.69) is 25.4 Å². The van der Waals surface area contributed by atoms with Gasteiger partial charge in [-0.1, -0.05) is 10.3 Å². The molecule has 0 radical (unpaired) electrons. The van der Waals surface area contributed by atoms with Gasteiger partial charge in [0, 0.05) is 18.4 Å². The Labute approximate surface area is 126 Å². The van der Waals surface area contributed by atoms with E-state index in [1.165, 1.54) is 0 Å². The van der Waals surface area contributed by atoms with Crippen LogP contribution in [0.3, 0.4) is 0 Å². The molecular weight excluding hydrogens is 284 g/mol. The Morgan fingerprint density at radius 1 is 1.27 bits per heavy atom. The minimum absolute atomic E-state index is 0.193. The van der Waals surface area contributed by atoms with Crippen LogP contribution in [0.2, 0.25) is 0 Å². The van der Waals surface area contributed by atoms with Crippen molar-refractivity contribution in [3.63, 3.8) is 0 Å². The summed E-state index contributed by atoms with van der Waals surface area (Å²) >= 11 is 0. The molecule has 3 aromatic heterocycles. The van der Waals surface area contributed by atoms with E-state index in [9.17, 15) is 0 Å². The Balaban J connectivity index is 1.51. The predicted octanol–water partition coefficient (Wildman–Crippen LogP) is 1.59. The van der Waals surface area contributed by atoms with Gasteiger partial charge in [-0.15, -0.1) is 0 Å². The maximum Gasteiger partial charge on any atom is 0.231 e. The van der Waals surface area contributed by atoms with Crippen LogP contribution in [0.1, 0.15) is 47.0 Å². The molecule has 0 amide bonds. The van der Waals surface area contributed by atoms with E-state index < -0.39 is 0 Å². The Bertz CT molecular complexity index is 802. The van der Waals surface area contributed by atoms with Crippen molar-refractivity contribution in [1.82, 2.24) is 30.1 Å². The van der Waals surface area contributed by atoms with Crippen LogP contribution < -0.4 is 0 Å². The third-order valence-electron chi connectivity index (χ3n) is 3.99. The third-order valence-corrected chi connectivity index (χ3v) is 3.99. The molecule has 0 aliphatic carbocycles. The van der Waals surface area contributed by atoms with Crippen LogP contribution in [-0.4, -0.2) is 30.1 Å². The van der Waals surface area contributed by atoms with Crippen LogP contribution in [0.25, 0.3) is 0 Å². The van der Waals surface area contributed by atoms with Gasteiger partial charge in [0.15, 0.2) is 5.82 Å². The smallest absolute Gasteiger partial charge is 0.231 e. The molecule has 0 saturated heterocycles. The van der Waals surface area contributed by atoms with Crippen molar-refractivity contribution < 1.29 is 9.05 Å². The molecule has 0 fully saturated rings. The summed E-state index contributed by atoms with van der Waals surface area (Å²) in [5, 5.41) is 12.3. The van der Waals surface area contributed by atoms with Gasteiger partial charge in [0.05, 0.1) is 18.2 Å². The van der Waals surface area contributed by atoms with Crippen LogP contribution in [0.5, 0.6) is 0 Å². The Hall–Kier alpha value is -2.51. The molecule has 1 unspecified atom stereocenters. The summed E-state index contributed by atoms with van der Waals surface area (Å²) in [5.74, 6) is 3.36. The fraction of sp³-hybridized carbons (Fsp3) is 0.500. The Morgan fingerprint density at radius 3 is 3.00 bits per heavy atom. The van der Waals surface area contributed by atoms with E-state index >= 15 is 0 Å². The number of rotatable bonds is 3. The lowest BCUT2D eigenvalue weighted by molar-refractivity contribution is 0.306. The van der Waals surface area contributed by atoms with Gasteiger partial charge in [-0.05, 0) is 20.3 Å². The normalized spacial score (nSPS) is 17.6. The van der Waals surface area contributed by atoms with Crippen molar-refractivity contribution in [1.29, 1.82) is 0 Å². The third kappa shape index (κ3) is 2.30. The summed E-state index contributed by atoms with van der Waals surface area (Å²) in [6.07, 6.45) is 4.02. The summed E-state index contributed by atoms with van der Waals surface area (Å²) in [7, 11) is 0. The van der Waals surface area contributed by atoms with Gasteiger partial charge in [0.2, 0.25) is 5.89 Å². The van der Waals surface area contributed by atoms with E-state index in [1.807, 2.05) is 18.5 Å². The highest BCUT2D eigenvalue weighted by Crippen LogP contribution is 2.27. The second-order valence-corrected chi connectivity index (χ2v) is 5.64. The topological polar surface area (TPSA) is 95.7 Å². The average Bonchev–Trinajstić information content (AvgIpc) is 3.19. The first-order chi connectivity index (χ1) is 10.7. The van der Waals surface area contributed by atoms with Crippen molar-refractivity contribution in [3.05, 3.63) is 40.9 Å². The Kier molecular flexibility index (Phi) is 3.02. The number of aryl methyl sites for hydroxylation is 3. The van der Waals surface area contributed by atoms with Gasteiger partial charge in [-0.2, -0.15) is 10.1 Å². The summed E-state index contributed by atoms with van der Waals surface area (Å²) in [5.41, 5.74) is 1.83. The molecule has 0 N–H and O–H groups in total. The lowest BCUT2D eigenvalue weighted by Crippen LogP contribution is -2.20. The molecule has 0 aromatic carbocycles. The monoisotopic (exact) mass is 300 g/mol. The Morgan fingerprint density at radius 2 is 2.18 bits per heavy atom. The first-order valence-electron chi connectivity index (χ1n) is 7.31. The van der Waals surface area contributed by atoms with E-state index in [0.29, 0.717) is 18.1 Å². The molecule has 0 bridgehead atoms. The second kappa shape index (κ2) is 5.04. The van der Waals surface area contributed by atoms with Crippen molar-refractivity contribution in [2.45, 2.75) is 45.6 Å². The van der Waals surface area contributed by atoms with E-state index in [4.69, 9.17) is 9.05 Å². The van der Waals surface area contributed by atoms with Gasteiger partial charge >= 0.3 is 0 Å². The molecule has 114 valence electrons. The van der Waals surface area contributed by atoms with E-state index in [0.717, 1.165) is 42.3 Å². The first-order valence-corrected chi connectivity index (χ1v) is 7.31. The zero-order valence-corrected chi connectivity index (χ0v) is 12.5. The van der Waals surface area contributed by atoms with Gasteiger partial charge < -0.3 is 9.05 Å². The van der Waals surface area contributed by atoms with E-state index in [1.54, 1.807) is 6.26 Å². The van der Waals surface area contributed by atoms with Crippen LogP contribution >= 0.6 is 0 Å². The van der Waals surface area contributed by atoms with Gasteiger partial charge in [0.1, 0.15) is 17.9 Å². The zero-order chi connectivity index (χ0) is 15.1. The van der Waals surface area contributed by atoms with Crippen molar-refractivity contribution in [3.8, 4) is 0 Å². The molecule has 1 aliphatic rings. The molecule has 1 atom stereocenters. The quantitative estimate of drug-likeness (QED) is 0.724. The molecule has 22 heavy (non-hydrogen) atoms. The van der Waals surface area contributed by atoms with Crippen LogP contribution in [0.15, 0.2) is 15.3 Å². The zero-order valence-electron chi connectivity index (χ0n) is 12.5. The lowest BCUT2D eigenvalue weighted by Gasteiger charge is -2.18. The molecule has 3 aromatic rings. The fourth-order valence-electron chi connectivity index (χ4n) is 2.79. The number of aromatic nitrogens is 6. The molecule has 8 heteroatoms. The summed E-state index contributed by atoms with van der Waals surface area (Å²) in [6, 6.07) is 0. The lowest BCUT2D eigenvalue weighted by atomic mass is 10.00. The molecule has 4 rings (SSSR count). The standard InChI is InChI=1S/C14H16N6O2/c1-8-11(7-21-18-8)5-12-16-14(22-19-12)10-3-4-13-15-9(2)17-20(13)6-10/h7,10H,3-6H2,1-2H3. The number of hydrogen-bond acceptors (Lipinski definition) is 7. The minimum atomic E-state index is 0.193. The summed E-state index contributed by atoms with van der Waals surface area (Å²) in [6.45, 7) is 4.55. The van der Waals surface area contributed by atoms with E-state index in [-0.39, 0.29) is 5.92 Å². The SMILES string of the molecule is Cc1nc2n(n1)CC(c1nc(Cc3conc3C)no1)CC2. The highest BCUT2D eigenvalue weighted by atomic mass is 16.5. The fourth-order valence-corrected chi connectivity index (χ4v) is 2.79. The van der Waals surface area contributed by atoms with Crippen molar-refractivity contribution in [2.24, 2.45) is 0 Å². The van der Waals surface area contributed by atoms with Crippen molar-refractivity contribution in [2.75, 3.05) is 0 Å². The van der Waals surface area contributed by atoms with Gasteiger partial charge in [0.25, 0.3) is 0 Å². The predicted molar refractivity (Wildman–Crippen MR) is 74.2 cm³/mol. The van der Waals surface area contributed by atoms with Crippen molar-refractivity contribution >= 4 is 0 Å². The second-order valence-electron chi connectivity index (χ2n) is 5.64. The van der Waals surface area contributed by atoms with Crippen LogP contribution in [0, 0.1) is 13.8 Å². The summed E-state index contributed by atoms with van der Waals surface area (Å²) in [4.78, 5) is 8.93. The molecule has 8 nitrogen and oxygen atoms in total. The summed E-state index contributed by atoms with van der Waals surface area (Å²) < 4.78 is 12.3. The maximum atomic E-state index is 5.44. The van der Waals surface area contributed by atoms with Crippen LogP contribution in [0.4, 0.5) is 0 Å². The maximum absolute atomic E-state index is 5.44. The first kappa shape index (κ1) is 13.2. The average molecular weight is 300 g/mol. The molecule has 1 aliphatic heterocycles. The molecule has 4 heterocycles. The van der Waals surface area contributed by atoms with Gasteiger partial charge in [-0.3, -0.25) is 0 Å². The van der Waals surface area contributed by atoms with Crippen LogP contribution in [-0.2, 0) is 19.4 Å². The largest absolute Gasteiger partial charge is 0.364 e. The molecular formula is C14H16N6O2. The molecule has 0 saturated carbocycles. The number of hydrogen-bond donors (Lipinski definition) is 0. The minimum Gasteiger partial charge on any atom is -0.364 e. The molecule has 0 spiro atoms. The highest BCUT2D eigenvalue weighted by Gasteiger charge is 2.26. The van der Waals surface area contributed by atoms with Gasteiger partial charge in [-0.25, -0.2) is 9.67 Å². The number of nitrogens with zero attached hydrogens (tertiary/aromatic N) is 6. The number of fused-ring (bicyclic) bond motifs is 1.